The lowest BCUT2D eigenvalue weighted by atomic mass is 10.0. The summed E-state index contributed by atoms with van der Waals surface area (Å²) < 4.78 is 0. The molecule has 1 amide bonds. The number of carbonyl (C=O) groups is 1. The molecule has 16 heavy (non-hydrogen) atoms. The number of nitrogens with one attached hydrogen (secondary N) is 1. The van der Waals surface area contributed by atoms with Crippen LogP contribution in [0.3, 0.4) is 0 Å². The summed E-state index contributed by atoms with van der Waals surface area (Å²) in [5.41, 5.74) is 6.31. The molecule has 0 aromatic heterocycles. The molecule has 5 N–H and O–H groups in total. The van der Waals surface area contributed by atoms with E-state index in [2.05, 4.69) is 5.32 Å². The first-order valence-electron chi connectivity index (χ1n) is 4.96. The molecular weight excluding hydrogens is 208 g/mol. The van der Waals surface area contributed by atoms with E-state index in [4.69, 9.17) is 5.73 Å². The van der Waals surface area contributed by atoms with Crippen LogP contribution in [0.2, 0.25) is 0 Å². The Labute approximate surface area is 93.9 Å². The third-order valence-corrected chi connectivity index (χ3v) is 2.29. The van der Waals surface area contributed by atoms with E-state index in [0.717, 1.165) is 5.69 Å². The second-order valence-electron chi connectivity index (χ2n) is 3.56. The maximum Gasteiger partial charge on any atom is 0.220 e. The molecule has 0 bridgehead atoms. The van der Waals surface area contributed by atoms with Gasteiger partial charge in [-0.15, -0.1) is 0 Å². The average molecular weight is 224 g/mol. The minimum atomic E-state index is -1.18. The first-order chi connectivity index (χ1) is 7.54. The summed E-state index contributed by atoms with van der Waals surface area (Å²) >= 11 is 0. The van der Waals surface area contributed by atoms with E-state index in [1.54, 1.807) is 25.2 Å². The standard InChI is InChI=1S/C11H16N2O3/c1-13-8-4-2-3-7(5-8)11(16)9(14)6-10(12)15/h2-5,9,11,13-14,16H,6H2,1H3,(H2,12,15). The van der Waals surface area contributed by atoms with Crippen molar-refractivity contribution in [1.29, 1.82) is 0 Å². The fraction of sp³-hybridized carbons (Fsp3) is 0.364. The number of hydrogen-bond acceptors (Lipinski definition) is 4. The normalized spacial score (nSPS) is 14.2. The van der Waals surface area contributed by atoms with E-state index in [1.165, 1.54) is 0 Å². The van der Waals surface area contributed by atoms with Crippen molar-refractivity contribution < 1.29 is 15.0 Å². The van der Waals surface area contributed by atoms with Gasteiger partial charge < -0.3 is 21.3 Å². The average Bonchev–Trinajstić information content (AvgIpc) is 2.27. The van der Waals surface area contributed by atoms with Crippen molar-refractivity contribution in [3.63, 3.8) is 0 Å². The Bertz CT molecular complexity index is 368. The number of hydrogen-bond donors (Lipinski definition) is 4. The fourth-order valence-electron chi connectivity index (χ4n) is 1.42. The maximum atomic E-state index is 10.6. The quantitative estimate of drug-likeness (QED) is 0.566. The third kappa shape index (κ3) is 3.22. The largest absolute Gasteiger partial charge is 0.390 e. The number of nitrogens with two attached hydrogens (primary N) is 1. The van der Waals surface area contributed by atoms with Crippen LogP contribution in [-0.2, 0) is 4.79 Å². The van der Waals surface area contributed by atoms with Crippen molar-refractivity contribution in [3.8, 4) is 0 Å². The zero-order chi connectivity index (χ0) is 12.1. The lowest BCUT2D eigenvalue weighted by Crippen LogP contribution is -2.25. The lowest BCUT2D eigenvalue weighted by Gasteiger charge is -2.17. The van der Waals surface area contributed by atoms with Crippen LogP contribution in [0.25, 0.3) is 0 Å². The van der Waals surface area contributed by atoms with Crippen molar-refractivity contribution in [1.82, 2.24) is 0 Å². The van der Waals surface area contributed by atoms with Crippen LogP contribution in [-0.4, -0.2) is 29.3 Å². The van der Waals surface area contributed by atoms with Gasteiger partial charge in [-0.3, -0.25) is 4.79 Å². The van der Waals surface area contributed by atoms with Gasteiger partial charge in [0.2, 0.25) is 5.91 Å². The molecule has 2 unspecified atom stereocenters. The number of aliphatic hydroxyl groups excluding tert-OH is 2. The number of benzene rings is 1. The molecule has 5 heteroatoms. The van der Waals surface area contributed by atoms with Gasteiger partial charge in [0.25, 0.3) is 0 Å². The molecule has 0 heterocycles. The summed E-state index contributed by atoms with van der Waals surface area (Å²) in [6.45, 7) is 0. The molecule has 2 atom stereocenters. The van der Waals surface area contributed by atoms with Crippen LogP contribution >= 0.6 is 0 Å². The summed E-state index contributed by atoms with van der Waals surface area (Å²) in [7, 11) is 1.76. The van der Waals surface area contributed by atoms with Crippen molar-refractivity contribution >= 4 is 11.6 Å². The zero-order valence-electron chi connectivity index (χ0n) is 9.05. The Balaban J connectivity index is 2.78. The Hall–Kier alpha value is -1.59. The molecule has 1 aromatic rings. The first kappa shape index (κ1) is 12.5. The number of amides is 1. The maximum absolute atomic E-state index is 10.6. The van der Waals surface area contributed by atoms with Gasteiger partial charge in [-0.2, -0.15) is 0 Å². The van der Waals surface area contributed by atoms with Crippen molar-refractivity contribution in [2.75, 3.05) is 12.4 Å². The molecule has 1 rings (SSSR count). The summed E-state index contributed by atoms with van der Waals surface area (Å²) in [5.74, 6) is -0.642. The summed E-state index contributed by atoms with van der Waals surface area (Å²) in [6.07, 6.45) is -2.55. The predicted molar refractivity (Wildman–Crippen MR) is 60.8 cm³/mol. The van der Waals surface area contributed by atoms with Crippen molar-refractivity contribution in [3.05, 3.63) is 29.8 Å². The lowest BCUT2D eigenvalue weighted by molar-refractivity contribution is -0.121. The number of aliphatic hydroxyl groups is 2. The molecule has 0 saturated heterocycles. The second kappa shape index (κ2) is 5.48. The van der Waals surface area contributed by atoms with E-state index < -0.39 is 18.1 Å². The Morgan fingerprint density at radius 2 is 2.19 bits per heavy atom. The summed E-state index contributed by atoms with van der Waals surface area (Å²) in [4.78, 5) is 10.6. The topological polar surface area (TPSA) is 95.6 Å². The van der Waals surface area contributed by atoms with Crippen LogP contribution in [0.5, 0.6) is 0 Å². The van der Waals surface area contributed by atoms with Gasteiger partial charge in [-0.25, -0.2) is 0 Å². The highest BCUT2D eigenvalue weighted by molar-refractivity contribution is 5.74. The predicted octanol–water partition coefficient (Wildman–Crippen LogP) is -0.00200. The minimum absolute atomic E-state index is 0.259. The van der Waals surface area contributed by atoms with Gasteiger partial charge >= 0.3 is 0 Å². The fourth-order valence-corrected chi connectivity index (χ4v) is 1.42. The Kier molecular flexibility index (Phi) is 4.28. The van der Waals surface area contributed by atoms with Gasteiger partial charge in [-0.05, 0) is 17.7 Å². The summed E-state index contributed by atoms with van der Waals surface area (Å²) in [6, 6.07) is 6.96. The molecular formula is C11H16N2O3. The van der Waals surface area contributed by atoms with Gasteiger partial charge in [-0.1, -0.05) is 12.1 Å². The van der Waals surface area contributed by atoms with E-state index in [-0.39, 0.29) is 6.42 Å². The van der Waals surface area contributed by atoms with Gasteiger partial charge in [0.15, 0.2) is 0 Å². The smallest absolute Gasteiger partial charge is 0.220 e. The molecule has 0 fully saturated rings. The Morgan fingerprint density at radius 1 is 1.50 bits per heavy atom. The highest BCUT2D eigenvalue weighted by Gasteiger charge is 2.20. The van der Waals surface area contributed by atoms with E-state index in [1.807, 2.05) is 6.07 Å². The van der Waals surface area contributed by atoms with Gasteiger partial charge in [0.05, 0.1) is 12.5 Å². The third-order valence-electron chi connectivity index (χ3n) is 2.29. The van der Waals surface area contributed by atoms with Crippen LogP contribution in [0.15, 0.2) is 24.3 Å². The molecule has 1 aromatic carbocycles. The van der Waals surface area contributed by atoms with Gasteiger partial charge in [0, 0.05) is 12.7 Å². The van der Waals surface area contributed by atoms with Gasteiger partial charge in [0.1, 0.15) is 6.10 Å². The van der Waals surface area contributed by atoms with Crippen LogP contribution in [0, 0.1) is 0 Å². The number of anilines is 1. The van der Waals surface area contributed by atoms with Crippen LogP contribution < -0.4 is 11.1 Å². The highest BCUT2D eigenvalue weighted by Crippen LogP contribution is 2.21. The first-order valence-corrected chi connectivity index (χ1v) is 4.96. The number of primary amides is 1. The molecule has 0 saturated carbocycles. The van der Waals surface area contributed by atoms with E-state index in [9.17, 15) is 15.0 Å². The molecule has 0 spiro atoms. The van der Waals surface area contributed by atoms with Crippen molar-refractivity contribution in [2.24, 2.45) is 5.73 Å². The van der Waals surface area contributed by atoms with E-state index >= 15 is 0 Å². The minimum Gasteiger partial charge on any atom is -0.390 e. The second-order valence-corrected chi connectivity index (χ2v) is 3.56. The molecule has 0 aliphatic carbocycles. The SMILES string of the molecule is CNc1cccc(C(O)C(O)CC(N)=O)c1. The van der Waals surface area contributed by atoms with Crippen LogP contribution in [0.4, 0.5) is 5.69 Å². The zero-order valence-corrected chi connectivity index (χ0v) is 9.05. The molecule has 0 aliphatic heterocycles. The van der Waals surface area contributed by atoms with Crippen LogP contribution in [0.1, 0.15) is 18.1 Å². The number of rotatable bonds is 5. The Morgan fingerprint density at radius 3 is 2.75 bits per heavy atom. The molecule has 0 radical (unpaired) electrons. The van der Waals surface area contributed by atoms with Crippen molar-refractivity contribution in [2.45, 2.75) is 18.6 Å². The monoisotopic (exact) mass is 224 g/mol. The van der Waals surface area contributed by atoms with E-state index in [0.29, 0.717) is 5.56 Å². The molecule has 0 aliphatic rings. The molecule has 5 nitrogen and oxygen atoms in total. The summed E-state index contributed by atoms with van der Waals surface area (Å²) in [5, 5.41) is 22.2. The molecule has 88 valence electrons. The highest BCUT2D eigenvalue weighted by atomic mass is 16.3. The number of carbonyl (C=O) groups excluding carboxylic acids is 1.